The first-order valence-corrected chi connectivity index (χ1v) is 7.92. The van der Waals surface area contributed by atoms with Crippen LogP contribution in [0.15, 0.2) is 18.2 Å². The molecule has 1 amide bonds. The van der Waals surface area contributed by atoms with Gasteiger partial charge in [0.05, 0.1) is 16.4 Å². The summed E-state index contributed by atoms with van der Waals surface area (Å²) in [6, 6.07) is 3.98. The zero-order valence-electron chi connectivity index (χ0n) is 14.3. The van der Waals surface area contributed by atoms with Gasteiger partial charge in [-0.3, -0.25) is 19.7 Å². The Hall–Kier alpha value is -2.68. The summed E-state index contributed by atoms with van der Waals surface area (Å²) in [6.45, 7) is 4.53. The summed E-state index contributed by atoms with van der Waals surface area (Å²) < 4.78 is 5.23. The van der Waals surface area contributed by atoms with Crippen LogP contribution in [-0.4, -0.2) is 53.1 Å². The number of carboxylic acid groups (broad SMARTS) is 1. The molecule has 0 heterocycles. The third-order valence-electron chi connectivity index (χ3n) is 3.63. The molecule has 3 N–H and O–H groups in total. The summed E-state index contributed by atoms with van der Waals surface area (Å²) in [5, 5.41) is 20.1. The third kappa shape index (κ3) is 5.71. The van der Waals surface area contributed by atoms with E-state index in [9.17, 15) is 19.7 Å². The second-order valence-corrected chi connectivity index (χ2v) is 5.54. The summed E-state index contributed by atoms with van der Waals surface area (Å²) in [5.74, 6) is -2.35. The predicted octanol–water partition coefficient (Wildman–Crippen LogP) is 1.77. The van der Waals surface area contributed by atoms with Crippen LogP contribution in [0.5, 0.6) is 0 Å². The van der Waals surface area contributed by atoms with Crippen molar-refractivity contribution in [3.05, 3.63) is 33.9 Å². The monoisotopic (exact) mass is 353 g/mol. The topological polar surface area (TPSA) is 136 Å². The Morgan fingerprint density at radius 1 is 1.44 bits per heavy atom. The van der Waals surface area contributed by atoms with Crippen molar-refractivity contribution in [3.63, 3.8) is 0 Å². The van der Waals surface area contributed by atoms with Gasteiger partial charge in [0.25, 0.3) is 11.6 Å². The van der Waals surface area contributed by atoms with E-state index in [-0.39, 0.29) is 30.0 Å². The van der Waals surface area contributed by atoms with Crippen LogP contribution in [0.1, 0.15) is 30.6 Å². The quantitative estimate of drug-likeness (QED) is 0.283. The lowest BCUT2D eigenvalue weighted by Gasteiger charge is -2.25. The van der Waals surface area contributed by atoms with Gasteiger partial charge in [0.1, 0.15) is 5.69 Å². The normalized spacial score (nSPS) is 11.8. The number of hydrogen-bond donors (Lipinski definition) is 2. The summed E-state index contributed by atoms with van der Waals surface area (Å²) in [6.07, 6.45) is 0.515. The first kappa shape index (κ1) is 20.4. The lowest BCUT2D eigenvalue weighted by atomic mass is 10.1. The van der Waals surface area contributed by atoms with Gasteiger partial charge in [-0.1, -0.05) is 13.0 Å². The number of carboxylic acids is 1. The molecule has 9 nitrogen and oxygen atoms in total. The number of carbonyl (C=O) groups is 2. The number of nitro groups is 1. The summed E-state index contributed by atoms with van der Waals surface area (Å²) in [4.78, 5) is 35.5. The van der Waals surface area contributed by atoms with Crippen LogP contribution in [-0.2, 0) is 9.53 Å². The minimum absolute atomic E-state index is 0.0109. The predicted molar refractivity (Wildman–Crippen MR) is 91.3 cm³/mol. The standard InChI is InChI=1S/C16H23N3O6/c1-3-25-9-5-8-18(10-11(2)16(21)22)15(20)12-6-4-7-13(14(12)17)19(23)24/h4,6-7,11H,3,5,8-10,17H2,1-2H3,(H,21,22). The van der Waals surface area contributed by atoms with Crippen LogP contribution in [0, 0.1) is 16.0 Å². The van der Waals surface area contributed by atoms with E-state index in [1.807, 2.05) is 6.92 Å². The highest BCUT2D eigenvalue weighted by molar-refractivity contribution is 6.01. The number of ether oxygens (including phenoxy) is 1. The molecular formula is C16H23N3O6. The first-order valence-electron chi connectivity index (χ1n) is 7.92. The summed E-state index contributed by atoms with van der Waals surface area (Å²) in [5.41, 5.74) is 5.17. The van der Waals surface area contributed by atoms with Gasteiger partial charge in [0.15, 0.2) is 0 Å². The molecule has 9 heteroatoms. The van der Waals surface area contributed by atoms with Crippen molar-refractivity contribution in [1.82, 2.24) is 4.90 Å². The van der Waals surface area contributed by atoms with Gasteiger partial charge in [-0.2, -0.15) is 0 Å². The highest BCUT2D eigenvalue weighted by Crippen LogP contribution is 2.26. The maximum atomic E-state index is 12.8. The van der Waals surface area contributed by atoms with E-state index in [1.165, 1.54) is 30.0 Å². The molecule has 0 aliphatic heterocycles. The van der Waals surface area contributed by atoms with Crippen LogP contribution in [0.4, 0.5) is 11.4 Å². The highest BCUT2D eigenvalue weighted by atomic mass is 16.6. The fraction of sp³-hybridized carbons (Fsp3) is 0.500. The molecule has 1 aromatic rings. The fourth-order valence-electron chi connectivity index (χ4n) is 2.26. The van der Waals surface area contributed by atoms with Gasteiger partial charge in [-0.15, -0.1) is 0 Å². The van der Waals surface area contributed by atoms with Crippen molar-refractivity contribution >= 4 is 23.3 Å². The molecule has 0 saturated heterocycles. The van der Waals surface area contributed by atoms with Crippen molar-refractivity contribution in [2.75, 3.05) is 32.0 Å². The molecule has 1 atom stereocenters. The molecule has 1 unspecified atom stereocenters. The molecule has 0 radical (unpaired) electrons. The number of para-hydroxylation sites is 1. The molecule has 0 aliphatic rings. The summed E-state index contributed by atoms with van der Waals surface area (Å²) in [7, 11) is 0. The number of aliphatic carboxylic acids is 1. The van der Waals surface area contributed by atoms with Crippen molar-refractivity contribution in [2.45, 2.75) is 20.3 Å². The average molecular weight is 353 g/mol. The molecule has 1 rings (SSSR count). The SMILES string of the molecule is CCOCCCN(CC(C)C(=O)O)C(=O)c1cccc([N+](=O)[O-])c1N. The Morgan fingerprint density at radius 2 is 2.12 bits per heavy atom. The van der Waals surface area contributed by atoms with Crippen LogP contribution < -0.4 is 5.73 Å². The van der Waals surface area contributed by atoms with Gasteiger partial charge < -0.3 is 20.5 Å². The Kier molecular flexibility index (Phi) is 7.80. The second-order valence-electron chi connectivity index (χ2n) is 5.54. The maximum absolute atomic E-state index is 12.8. The summed E-state index contributed by atoms with van der Waals surface area (Å²) >= 11 is 0. The second kappa shape index (κ2) is 9.58. The number of nitro benzene ring substituents is 1. The highest BCUT2D eigenvalue weighted by Gasteiger charge is 2.25. The van der Waals surface area contributed by atoms with E-state index in [2.05, 4.69) is 0 Å². The number of nitrogen functional groups attached to an aromatic ring is 1. The van der Waals surface area contributed by atoms with E-state index >= 15 is 0 Å². The minimum atomic E-state index is -1.03. The van der Waals surface area contributed by atoms with E-state index in [4.69, 9.17) is 15.6 Å². The molecule has 0 aromatic heterocycles. The van der Waals surface area contributed by atoms with Crippen molar-refractivity contribution in [2.24, 2.45) is 5.92 Å². The Morgan fingerprint density at radius 3 is 2.68 bits per heavy atom. The van der Waals surface area contributed by atoms with E-state index in [0.717, 1.165) is 0 Å². The zero-order chi connectivity index (χ0) is 19.0. The molecule has 1 aromatic carbocycles. The van der Waals surface area contributed by atoms with Crippen molar-refractivity contribution in [1.29, 1.82) is 0 Å². The van der Waals surface area contributed by atoms with E-state index < -0.39 is 22.7 Å². The molecule has 0 fully saturated rings. The molecule has 0 saturated carbocycles. The molecule has 0 spiro atoms. The van der Waals surface area contributed by atoms with Crippen molar-refractivity contribution < 1.29 is 24.4 Å². The van der Waals surface area contributed by atoms with Gasteiger partial charge >= 0.3 is 5.97 Å². The number of nitrogens with zero attached hydrogens (tertiary/aromatic N) is 2. The number of anilines is 1. The van der Waals surface area contributed by atoms with Gasteiger partial charge in [-0.25, -0.2) is 0 Å². The molecule has 25 heavy (non-hydrogen) atoms. The molecular weight excluding hydrogens is 330 g/mol. The largest absolute Gasteiger partial charge is 0.481 e. The molecule has 138 valence electrons. The van der Waals surface area contributed by atoms with Crippen LogP contribution in [0.3, 0.4) is 0 Å². The number of amides is 1. The molecule has 0 aliphatic carbocycles. The molecule has 0 bridgehead atoms. The van der Waals surface area contributed by atoms with Gasteiger partial charge in [0.2, 0.25) is 0 Å². The Bertz CT molecular complexity index is 634. The van der Waals surface area contributed by atoms with Gasteiger partial charge in [-0.05, 0) is 19.4 Å². The van der Waals surface area contributed by atoms with Crippen LogP contribution >= 0.6 is 0 Å². The Labute approximate surface area is 145 Å². The third-order valence-corrected chi connectivity index (χ3v) is 3.63. The van der Waals surface area contributed by atoms with Crippen LogP contribution in [0.25, 0.3) is 0 Å². The zero-order valence-corrected chi connectivity index (χ0v) is 14.3. The van der Waals surface area contributed by atoms with Crippen LogP contribution in [0.2, 0.25) is 0 Å². The van der Waals surface area contributed by atoms with E-state index in [1.54, 1.807) is 0 Å². The number of nitrogens with two attached hydrogens (primary N) is 1. The smallest absolute Gasteiger partial charge is 0.308 e. The van der Waals surface area contributed by atoms with Crippen molar-refractivity contribution in [3.8, 4) is 0 Å². The lowest BCUT2D eigenvalue weighted by molar-refractivity contribution is -0.383. The number of carbonyl (C=O) groups excluding carboxylic acids is 1. The minimum Gasteiger partial charge on any atom is -0.481 e. The fourth-order valence-corrected chi connectivity index (χ4v) is 2.26. The average Bonchev–Trinajstić information content (AvgIpc) is 2.56. The number of rotatable bonds is 10. The Balaban J connectivity index is 3.03. The maximum Gasteiger partial charge on any atom is 0.308 e. The van der Waals surface area contributed by atoms with Gasteiger partial charge in [0, 0.05) is 32.4 Å². The first-order chi connectivity index (χ1) is 11.8. The van der Waals surface area contributed by atoms with E-state index in [0.29, 0.717) is 19.6 Å². The number of hydrogen-bond acceptors (Lipinski definition) is 6. The lowest BCUT2D eigenvalue weighted by Crippen LogP contribution is -2.38. The number of benzene rings is 1.